The third-order valence-electron chi connectivity index (χ3n) is 8.10. The zero-order valence-electron chi connectivity index (χ0n) is 26.5. The Labute approximate surface area is 281 Å². The Hall–Kier alpha value is -6.07. The van der Waals surface area contributed by atoms with Crippen LogP contribution in [0, 0.1) is 0 Å². The van der Waals surface area contributed by atoms with Crippen LogP contribution in [0.25, 0.3) is 22.3 Å². The van der Waals surface area contributed by atoms with Crippen molar-refractivity contribution in [1.29, 1.82) is 0 Å². The number of aromatic nitrogens is 3. The topological polar surface area (TPSA) is 126 Å². The van der Waals surface area contributed by atoms with Crippen LogP contribution in [0.1, 0.15) is 32.0 Å². The smallest absolute Gasteiger partial charge is 0.261 e. The fourth-order valence-corrected chi connectivity index (χ4v) is 5.61. The number of benzene rings is 4. The van der Waals surface area contributed by atoms with E-state index in [0.717, 1.165) is 5.56 Å². The van der Waals surface area contributed by atoms with Gasteiger partial charge in [0.15, 0.2) is 5.76 Å². The van der Waals surface area contributed by atoms with Crippen molar-refractivity contribution in [3.63, 3.8) is 0 Å². The molecule has 0 N–H and O–H groups in total. The molecular weight excluding hydrogens is 624 g/mol. The summed E-state index contributed by atoms with van der Waals surface area (Å²) in [5.74, 6) is 0.492. The van der Waals surface area contributed by atoms with E-state index in [0.29, 0.717) is 77.6 Å². The Morgan fingerprint density at radius 2 is 1.47 bits per heavy atom. The number of carbonyl (C=O) groups excluding carboxylic acids is 2. The zero-order valence-corrected chi connectivity index (χ0v) is 26.5. The third kappa shape index (κ3) is 6.97. The van der Waals surface area contributed by atoms with Crippen LogP contribution in [0.4, 0.5) is 0 Å². The lowest BCUT2D eigenvalue weighted by Crippen LogP contribution is -2.31. The molecular formula is C38H32N4O7. The highest BCUT2D eigenvalue weighted by atomic mass is 16.5. The summed E-state index contributed by atoms with van der Waals surface area (Å²) >= 11 is 0. The molecule has 0 radical (unpaired) electrons. The van der Waals surface area contributed by atoms with Gasteiger partial charge in [0, 0.05) is 24.7 Å². The lowest BCUT2D eigenvalue weighted by atomic mass is 10.1. The molecule has 1 aliphatic heterocycles. The normalized spacial score (nSPS) is 12.4. The average molecular weight is 657 g/mol. The Morgan fingerprint density at radius 1 is 0.714 bits per heavy atom. The first-order chi connectivity index (χ1) is 24.0. The first-order valence-electron chi connectivity index (χ1n) is 15.9. The Morgan fingerprint density at radius 3 is 2.29 bits per heavy atom. The molecule has 11 heteroatoms. The number of para-hydroxylation sites is 1. The number of ether oxygens (including phenoxy) is 3. The minimum absolute atomic E-state index is 0.142. The lowest BCUT2D eigenvalue weighted by Gasteiger charge is -2.13. The van der Waals surface area contributed by atoms with Crippen LogP contribution < -0.4 is 14.9 Å². The van der Waals surface area contributed by atoms with Crippen molar-refractivity contribution in [1.82, 2.24) is 19.9 Å². The van der Waals surface area contributed by atoms with Crippen molar-refractivity contribution in [2.45, 2.75) is 19.6 Å². The first kappa shape index (κ1) is 31.5. The van der Waals surface area contributed by atoms with Crippen molar-refractivity contribution in [2.75, 3.05) is 26.4 Å². The number of amides is 2. The lowest BCUT2D eigenvalue weighted by molar-refractivity contribution is 0.0655. The molecule has 0 unspecified atom stereocenters. The second-order valence-corrected chi connectivity index (χ2v) is 11.4. The van der Waals surface area contributed by atoms with E-state index in [1.807, 2.05) is 54.6 Å². The van der Waals surface area contributed by atoms with Crippen LogP contribution in [0.5, 0.6) is 11.5 Å². The summed E-state index contributed by atoms with van der Waals surface area (Å²) in [5, 5.41) is 8.74. The molecule has 0 saturated heterocycles. The van der Waals surface area contributed by atoms with Crippen LogP contribution in [-0.4, -0.2) is 58.1 Å². The van der Waals surface area contributed by atoms with Crippen LogP contribution in [0.2, 0.25) is 0 Å². The summed E-state index contributed by atoms with van der Waals surface area (Å²) in [5.41, 5.74) is 3.35. The fraction of sp³-hybridized carbons (Fsp3) is 0.184. The van der Waals surface area contributed by atoms with Gasteiger partial charge in [-0.2, -0.15) is 0 Å². The maximum Gasteiger partial charge on any atom is 0.261 e. The Kier molecular flexibility index (Phi) is 9.24. The minimum Gasteiger partial charge on any atom is -0.491 e. The summed E-state index contributed by atoms with van der Waals surface area (Å²) in [4.78, 5) is 39.9. The van der Waals surface area contributed by atoms with E-state index in [2.05, 4.69) is 10.3 Å². The number of carbonyl (C=O) groups is 2. The van der Waals surface area contributed by atoms with E-state index >= 15 is 0 Å². The summed E-state index contributed by atoms with van der Waals surface area (Å²) in [6.07, 6.45) is 2.19. The Balaban J connectivity index is 0.909. The molecule has 0 atom stereocenters. The number of hydrogen-bond donors (Lipinski definition) is 0. The van der Waals surface area contributed by atoms with Gasteiger partial charge in [-0.3, -0.25) is 19.3 Å². The zero-order chi connectivity index (χ0) is 33.6. The van der Waals surface area contributed by atoms with Gasteiger partial charge in [0.25, 0.3) is 11.8 Å². The van der Waals surface area contributed by atoms with Gasteiger partial charge in [-0.05, 0) is 42.0 Å². The van der Waals surface area contributed by atoms with Crippen LogP contribution in [0.3, 0.4) is 0 Å². The van der Waals surface area contributed by atoms with Crippen LogP contribution >= 0.6 is 0 Å². The van der Waals surface area contributed by atoms with Gasteiger partial charge < -0.3 is 18.6 Å². The predicted octanol–water partition coefficient (Wildman–Crippen LogP) is 5.56. The highest BCUT2D eigenvalue weighted by Crippen LogP contribution is 2.33. The van der Waals surface area contributed by atoms with Gasteiger partial charge in [-0.25, -0.2) is 4.68 Å². The number of imide groups is 1. The molecule has 4 aromatic carbocycles. The van der Waals surface area contributed by atoms with E-state index < -0.39 is 0 Å². The third-order valence-corrected chi connectivity index (χ3v) is 8.10. The SMILES string of the molecule is O=C1c2ccccc2C(=O)N1CCc1cn(CCOCCOc2cccc(-c3oc4ccccc4c(=O)c3OCc3ccccc3)c2)nn1. The molecule has 0 spiro atoms. The molecule has 7 rings (SSSR count). The van der Waals surface area contributed by atoms with Gasteiger partial charge in [0.2, 0.25) is 11.2 Å². The van der Waals surface area contributed by atoms with Gasteiger partial charge in [-0.15, -0.1) is 5.10 Å². The summed E-state index contributed by atoms with van der Waals surface area (Å²) in [6.45, 7) is 1.94. The van der Waals surface area contributed by atoms with Crippen LogP contribution in [0.15, 0.2) is 119 Å². The maximum absolute atomic E-state index is 13.5. The van der Waals surface area contributed by atoms with Gasteiger partial charge in [-0.1, -0.05) is 71.9 Å². The molecule has 2 amide bonds. The second-order valence-electron chi connectivity index (χ2n) is 11.4. The largest absolute Gasteiger partial charge is 0.491 e. The Bertz CT molecular complexity index is 2140. The van der Waals surface area contributed by atoms with Crippen molar-refractivity contribution in [3.05, 3.63) is 142 Å². The summed E-state index contributed by atoms with van der Waals surface area (Å²) in [6, 6.07) is 30.9. The van der Waals surface area contributed by atoms with Crippen molar-refractivity contribution in [3.8, 4) is 22.8 Å². The minimum atomic E-state index is -0.284. The number of hydrogen-bond acceptors (Lipinski definition) is 9. The van der Waals surface area contributed by atoms with Crippen molar-refractivity contribution < 1.29 is 28.2 Å². The molecule has 0 fully saturated rings. The van der Waals surface area contributed by atoms with Gasteiger partial charge in [0.05, 0.1) is 42.0 Å². The highest BCUT2D eigenvalue weighted by molar-refractivity contribution is 6.21. The molecule has 246 valence electrons. The summed E-state index contributed by atoms with van der Waals surface area (Å²) in [7, 11) is 0. The first-order valence-corrected chi connectivity index (χ1v) is 15.9. The monoisotopic (exact) mass is 656 g/mol. The second kappa shape index (κ2) is 14.4. The van der Waals surface area contributed by atoms with E-state index in [-0.39, 0.29) is 36.1 Å². The standard InChI is InChI=1S/C38H32N4O7/c43-34-32-15-6-7-16-33(32)49-35(36(34)48-25-26-9-2-1-3-10-26)27-11-8-12-29(23-27)47-22-21-46-20-19-41-24-28(39-40-41)17-18-42-37(44)30-13-4-5-14-31(30)38(42)45/h1-16,23-24H,17-22,25H2. The quantitative estimate of drug-likeness (QED) is 0.109. The van der Waals surface area contributed by atoms with E-state index in [1.165, 1.54) is 4.90 Å². The van der Waals surface area contributed by atoms with Gasteiger partial charge in [0.1, 0.15) is 24.5 Å². The predicted molar refractivity (Wildman–Crippen MR) is 181 cm³/mol. The number of fused-ring (bicyclic) bond motifs is 2. The molecule has 49 heavy (non-hydrogen) atoms. The number of rotatable bonds is 14. The molecule has 3 heterocycles. The molecule has 1 aliphatic rings. The molecule has 2 aromatic heterocycles. The molecule has 0 bridgehead atoms. The molecule has 0 saturated carbocycles. The van der Waals surface area contributed by atoms with Gasteiger partial charge >= 0.3 is 0 Å². The fourth-order valence-electron chi connectivity index (χ4n) is 5.61. The molecule has 0 aliphatic carbocycles. The van der Waals surface area contributed by atoms with Crippen molar-refractivity contribution >= 4 is 22.8 Å². The maximum atomic E-state index is 13.5. The van der Waals surface area contributed by atoms with Crippen molar-refractivity contribution in [2.24, 2.45) is 0 Å². The highest BCUT2D eigenvalue weighted by Gasteiger charge is 2.34. The average Bonchev–Trinajstić information content (AvgIpc) is 3.69. The van der Waals surface area contributed by atoms with Crippen LogP contribution in [-0.2, 0) is 24.3 Å². The summed E-state index contributed by atoms with van der Waals surface area (Å²) < 4.78 is 25.7. The van der Waals surface area contributed by atoms with E-state index in [4.69, 9.17) is 18.6 Å². The molecule has 11 nitrogen and oxygen atoms in total. The molecule has 6 aromatic rings. The van der Waals surface area contributed by atoms with E-state index in [9.17, 15) is 14.4 Å². The van der Waals surface area contributed by atoms with E-state index in [1.54, 1.807) is 59.4 Å². The number of nitrogens with zero attached hydrogens (tertiary/aromatic N) is 4.